The number of aliphatic hydroxyl groups excluding tert-OH is 2. The van der Waals surface area contributed by atoms with Crippen molar-refractivity contribution in [3.63, 3.8) is 0 Å². The van der Waals surface area contributed by atoms with Crippen LogP contribution >= 0.6 is 35.0 Å². The summed E-state index contributed by atoms with van der Waals surface area (Å²) < 4.78 is 47.8. The first kappa shape index (κ1) is 21.0. The van der Waals surface area contributed by atoms with Gasteiger partial charge in [0.25, 0.3) is 0 Å². The molecule has 0 radical (unpaired) electrons. The zero-order chi connectivity index (χ0) is 18.8. The maximum absolute atomic E-state index is 12.5. The summed E-state index contributed by atoms with van der Waals surface area (Å²) in [6.07, 6.45) is -8.22. The molecule has 4 N–H and O–H groups in total. The van der Waals surface area contributed by atoms with Crippen molar-refractivity contribution in [1.29, 1.82) is 0 Å². The van der Waals surface area contributed by atoms with Crippen molar-refractivity contribution in [3.8, 4) is 0 Å². The Balaban J connectivity index is 2.20. The molecular weight excluding hydrogens is 406 g/mol. The van der Waals surface area contributed by atoms with Crippen LogP contribution in [0.1, 0.15) is 0 Å². The standard InChI is InChI=1S/C14H16Cl2F3NO4S/c15-7-2-1-6(3-8(7)16)25-13-12(23-5-14(17,18)19)10(20)11(22)9(4-21)24-13/h1-3,9-13,21-22H,4-5,20H2. The van der Waals surface area contributed by atoms with Gasteiger partial charge in [-0.15, -0.1) is 0 Å². The molecule has 142 valence electrons. The highest BCUT2D eigenvalue weighted by Crippen LogP contribution is 2.37. The van der Waals surface area contributed by atoms with Crippen LogP contribution in [0.15, 0.2) is 23.1 Å². The molecule has 5 atom stereocenters. The number of nitrogens with two attached hydrogens (primary N) is 1. The van der Waals surface area contributed by atoms with Gasteiger partial charge in [0.2, 0.25) is 0 Å². The Labute approximate surface area is 156 Å². The first-order valence-electron chi connectivity index (χ1n) is 7.12. The number of thioether (sulfide) groups is 1. The Morgan fingerprint density at radius 1 is 1.28 bits per heavy atom. The molecule has 0 saturated carbocycles. The molecular formula is C14H16Cl2F3NO4S. The number of alkyl halides is 3. The summed E-state index contributed by atoms with van der Waals surface area (Å²) in [6, 6.07) is 3.48. The van der Waals surface area contributed by atoms with Crippen molar-refractivity contribution in [2.24, 2.45) is 5.73 Å². The summed E-state index contributed by atoms with van der Waals surface area (Å²) in [5.74, 6) is 0. The van der Waals surface area contributed by atoms with Gasteiger partial charge in [-0.2, -0.15) is 13.2 Å². The van der Waals surface area contributed by atoms with Crippen molar-refractivity contribution in [3.05, 3.63) is 28.2 Å². The molecule has 1 saturated heterocycles. The molecule has 5 unspecified atom stereocenters. The number of halogens is 5. The molecule has 1 aromatic carbocycles. The number of benzene rings is 1. The van der Waals surface area contributed by atoms with Crippen molar-refractivity contribution < 1.29 is 32.9 Å². The molecule has 0 bridgehead atoms. The van der Waals surface area contributed by atoms with Gasteiger partial charge >= 0.3 is 6.18 Å². The highest BCUT2D eigenvalue weighted by atomic mass is 35.5. The second kappa shape index (κ2) is 8.62. The van der Waals surface area contributed by atoms with Gasteiger partial charge < -0.3 is 25.4 Å². The number of hydrogen-bond donors (Lipinski definition) is 3. The average molecular weight is 422 g/mol. The van der Waals surface area contributed by atoms with Gasteiger partial charge in [0.15, 0.2) is 0 Å². The van der Waals surface area contributed by atoms with Crippen LogP contribution in [0.25, 0.3) is 0 Å². The molecule has 1 aliphatic heterocycles. The topological polar surface area (TPSA) is 84.9 Å². The Bertz CT molecular complexity index is 596. The lowest BCUT2D eigenvalue weighted by molar-refractivity contribution is -0.223. The minimum absolute atomic E-state index is 0.262. The van der Waals surface area contributed by atoms with Crippen molar-refractivity contribution in [2.75, 3.05) is 13.2 Å². The third-order valence-electron chi connectivity index (χ3n) is 3.49. The molecule has 1 fully saturated rings. The van der Waals surface area contributed by atoms with Gasteiger partial charge in [-0.25, -0.2) is 0 Å². The van der Waals surface area contributed by atoms with Crippen LogP contribution < -0.4 is 5.73 Å². The smallest absolute Gasteiger partial charge is 0.394 e. The van der Waals surface area contributed by atoms with E-state index in [1.165, 1.54) is 12.1 Å². The molecule has 0 aromatic heterocycles. The number of aliphatic hydroxyl groups is 2. The van der Waals surface area contributed by atoms with Crippen LogP contribution in [0.4, 0.5) is 13.2 Å². The second-order valence-electron chi connectivity index (χ2n) is 5.38. The molecule has 2 rings (SSSR count). The van der Waals surface area contributed by atoms with Crippen LogP contribution in [-0.4, -0.2) is 59.4 Å². The molecule has 0 spiro atoms. The highest BCUT2D eigenvalue weighted by molar-refractivity contribution is 7.99. The number of rotatable bonds is 5. The largest absolute Gasteiger partial charge is 0.411 e. The van der Waals surface area contributed by atoms with E-state index >= 15 is 0 Å². The Morgan fingerprint density at radius 3 is 2.52 bits per heavy atom. The van der Waals surface area contributed by atoms with Crippen molar-refractivity contribution >= 4 is 35.0 Å². The summed E-state index contributed by atoms with van der Waals surface area (Å²) in [5.41, 5.74) is 4.83. The van der Waals surface area contributed by atoms with Gasteiger partial charge in [-0.05, 0) is 18.2 Å². The molecule has 0 aliphatic carbocycles. The Morgan fingerprint density at radius 2 is 1.96 bits per heavy atom. The van der Waals surface area contributed by atoms with Crippen molar-refractivity contribution in [1.82, 2.24) is 0 Å². The molecule has 11 heteroatoms. The SMILES string of the molecule is NC1C(O)C(CO)OC(Sc2ccc(Cl)c(Cl)c2)C1OCC(F)(F)F. The molecule has 5 nitrogen and oxygen atoms in total. The molecule has 1 heterocycles. The number of hydrogen-bond acceptors (Lipinski definition) is 6. The fraction of sp³-hybridized carbons (Fsp3) is 0.571. The van der Waals surface area contributed by atoms with Gasteiger partial charge in [0.1, 0.15) is 30.4 Å². The summed E-state index contributed by atoms with van der Waals surface area (Å²) in [5, 5.41) is 19.8. The van der Waals surface area contributed by atoms with Crippen LogP contribution in [0.5, 0.6) is 0 Å². The Kier molecular flexibility index (Phi) is 7.26. The van der Waals surface area contributed by atoms with Crippen LogP contribution in [0.3, 0.4) is 0 Å². The van der Waals surface area contributed by atoms with E-state index in [-0.39, 0.29) is 5.02 Å². The summed E-state index contributed by atoms with van der Waals surface area (Å²) in [6.45, 7) is -2.08. The maximum Gasteiger partial charge on any atom is 0.411 e. The predicted octanol–water partition coefficient (Wildman–Crippen LogP) is 2.44. The van der Waals surface area contributed by atoms with E-state index in [1.54, 1.807) is 6.07 Å². The monoisotopic (exact) mass is 421 g/mol. The van der Waals surface area contributed by atoms with E-state index in [9.17, 15) is 23.4 Å². The Hall–Kier alpha value is -0.260. The third-order valence-corrected chi connectivity index (χ3v) is 5.37. The van der Waals surface area contributed by atoms with Crippen molar-refractivity contribution in [2.45, 2.75) is 40.9 Å². The highest BCUT2D eigenvalue weighted by Gasteiger charge is 2.45. The summed E-state index contributed by atoms with van der Waals surface area (Å²) in [4.78, 5) is 0.556. The van der Waals surface area contributed by atoms with E-state index in [1.807, 2.05) is 0 Å². The fourth-order valence-corrected chi connectivity index (χ4v) is 3.82. The first-order valence-corrected chi connectivity index (χ1v) is 8.76. The summed E-state index contributed by atoms with van der Waals surface area (Å²) >= 11 is 12.8. The predicted molar refractivity (Wildman–Crippen MR) is 87.8 cm³/mol. The van der Waals surface area contributed by atoms with E-state index in [0.717, 1.165) is 11.8 Å². The fourth-order valence-electron chi connectivity index (χ4n) is 2.26. The lowest BCUT2D eigenvalue weighted by Gasteiger charge is -2.42. The lowest BCUT2D eigenvalue weighted by Crippen LogP contribution is -2.62. The zero-order valence-electron chi connectivity index (χ0n) is 12.6. The second-order valence-corrected chi connectivity index (χ2v) is 7.36. The van der Waals surface area contributed by atoms with E-state index in [2.05, 4.69) is 0 Å². The van der Waals surface area contributed by atoms with E-state index in [4.69, 9.17) is 38.4 Å². The van der Waals surface area contributed by atoms with Crippen LogP contribution in [0.2, 0.25) is 10.0 Å². The minimum atomic E-state index is -4.56. The average Bonchev–Trinajstić information content (AvgIpc) is 2.52. The van der Waals surface area contributed by atoms with E-state index < -0.39 is 49.2 Å². The summed E-state index contributed by atoms with van der Waals surface area (Å²) in [7, 11) is 0. The zero-order valence-corrected chi connectivity index (χ0v) is 14.9. The molecule has 1 aliphatic rings. The molecule has 25 heavy (non-hydrogen) atoms. The third kappa shape index (κ3) is 5.61. The number of ether oxygens (including phenoxy) is 2. The lowest BCUT2D eigenvalue weighted by atomic mass is 9.98. The molecule has 0 amide bonds. The molecule has 1 aromatic rings. The first-order chi connectivity index (χ1) is 11.6. The van der Waals surface area contributed by atoms with E-state index in [0.29, 0.717) is 9.92 Å². The normalized spacial score (nSPS) is 30.5. The maximum atomic E-state index is 12.5. The van der Waals surface area contributed by atoms with Crippen LogP contribution in [0, 0.1) is 0 Å². The van der Waals surface area contributed by atoms with Gasteiger partial charge in [-0.1, -0.05) is 35.0 Å². The van der Waals surface area contributed by atoms with Crippen LogP contribution in [-0.2, 0) is 9.47 Å². The minimum Gasteiger partial charge on any atom is -0.394 e. The van der Waals surface area contributed by atoms with Gasteiger partial charge in [0.05, 0.1) is 22.7 Å². The van der Waals surface area contributed by atoms with Gasteiger partial charge in [0, 0.05) is 4.90 Å². The quantitative estimate of drug-likeness (QED) is 0.676. The van der Waals surface area contributed by atoms with Gasteiger partial charge in [-0.3, -0.25) is 0 Å².